The van der Waals surface area contributed by atoms with Gasteiger partial charge in [-0.1, -0.05) is 19.9 Å². The summed E-state index contributed by atoms with van der Waals surface area (Å²) in [6.45, 7) is 4.93. The molecule has 0 aliphatic carbocycles. The van der Waals surface area contributed by atoms with Gasteiger partial charge in [0.05, 0.1) is 5.69 Å². The molecule has 3 N–H and O–H groups in total. The summed E-state index contributed by atoms with van der Waals surface area (Å²) in [5.41, 5.74) is 6.68. The number of anilines is 1. The minimum Gasteiger partial charge on any atom is -0.370 e. The number of hydrogen-bond donors (Lipinski definition) is 2. The molecule has 16 heavy (non-hydrogen) atoms. The number of aliphatic imine (C=N–C) groups is 1. The zero-order valence-corrected chi connectivity index (χ0v) is 12.5. The maximum absolute atomic E-state index is 5.79. The van der Waals surface area contributed by atoms with E-state index in [9.17, 15) is 0 Å². The number of para-hydroxylation sites is 1. The molecule has 3 nitrogen and oxygen atoms in total. The van der Waals surface area contributed by atoms with E-state index in [1.165, 1.54) is 0 Å². The Morgan fingerprint density at radius 1 is 1.38 bits per heavy atom. The molecule has 0 unspecified atom stereocenters. The van der Waals surface area contributed by atoms with E-state index in [1.807, 2.05) is 18.2 Å². The Balaban J connectivity index is 2.76. The summed E-state index contributed by atoms with van der Waals surface area (Å²) in [4.78, 5) is 4.24. The fraction of sp³-hybridized carbons (Fsp3) is 0.364. The molecule has 0 aliphatic heterocycles. The highest BCUT2D eigenvalue weighted by Gasteiger charge is 2.05. The lowest BCUT2D eigenvalue weighted by Crippen LogP contribution is -2.23. The largest absolute Gasteiger partial charge is 0.370 e. The predicted octanol–water partition coefficient (Wildman–Crippen LogP) is 3.59. The maximum atomic E-state index is 5.79. The molecule has 0 heterocycles. The van der Waals surface area contributed by atoms with Crippen molar-refractivity contribution in [2.24, 2.45) is 16.6 Å². The van der Waals surface area contributed by atoms with E-state index >= 15 is 0 Å². The van der Waals surface area contributed by atoms with Crippen LogP contribution in [0, 0.1) is 5.92 Å². The number of guanidine groups is 1. The summed E-state index contributed by atoms with van der Waals surface area (Å²) in [7, 11) is 0. The molecule has 0 atom stereocenters. The van der Waals surface area contributed by atoms with Crippen molar-refractivity contribution in [3.63, 3.8) is 0 Å². The van der Waals surface area contributed by atoms with Gasteiger partial charge in [0.25, 0.3) is 0 Å². The van der Waals surface area contributed by atoms with Crippen molar-refractivity contribution in [2.75, 3.05) is 11.9 Å². The van der Waals surface area contributed by atoms with Crippen molar-refractivity contribution in [3.8, 4) is 0 Å². The smallest absolute Gasteiger partial charge is 0.193 e. The Bertz CT molecular complexity index is 369. The molecule has 0 aliphatic rings. The van der Waals surface area contributed by atoms with Gasteiger partial charge in [0.2, 0.25) is 0 Å². The molecule has 5 heteroatoms. The lowest BCUT2D eigenvalue weighted by atomic mass is 10.2. The van der Waals surface area contributed by atoms with E-state index in [4.69, 9.17) is 5.73 Å². The summed E-state index contributed by atoms with van der Waals surface area (Å²) in [5.74, 6) is 0.935. The Morgan fingerprint density at radius 3 is 2.44 bits per heavy atom. The first-order chi connectivity index (χ1) is 7.50. The minimum atomic E-state index is 0.432. The summed E-state index contributed by atoms with van der Waals surface area (Å²) in [5, 5.41) is 3.07. The highest BCUT2D eigenvalue weighted by atomic mass is 79.9. The lowest BCUT2D eigenvalue weighted by molar-refractivity contribution is 0.665. The van der Waals surface area contributed by atoms with Crippen LogP contribution < -0.4 is 11.1 Å². The zero-order valence-electron chi connectivity index (χ0n) is 9.30. The quantitative estimate of drug-likeness (QED) is 0.647. The number of benzene rings is 1. The second-order valence-corrected chi connectivity index (χ2v) is 5.55. The molecule has 0 amide bonds. The molecule has 0 spiro atoms. The van der Waals surface area contributed by atoms with E-state index in [2.05, 4.69) is 56.0 Å². The van der Waals surface area contributed by atoms with Crippen LogP contribution in [0.3, 0.4) is 0 Å². The molecular formula is C11H15Br2N3. The Kier molecular flexibility index (Phi) is 5.28. The average Bonchev–Trinajstić information content (AvgIpc) is 2.21. The summed E-state index contributed by atoms with van der Waals surface area (Å²) >= 11 is 6.91. The molecule has 1 aromatic carbocycles. The monoisotopic (exact) mass is 347 g/mol. The predicted molar refractivity (Wildman–Crippen MR) is 76.8 cm³/mol. The molecule has 1 rings (SSSR count). The van der Waals surface area contributed by atoms with E-state index in [0.717, 1.165) is 21.2 Å². The van der Waals surface area contributed by atoms with Gasteiger partial charge in [-0.3, -0.25) is 4.99 Å². The van der Waals surface area contributed by atoms with Gasteiger partial charge in [0, 0.05) is 15.5 Å². The second kappa shape index (κ2) is 6.25. The molecule has 0 radical (unpaired) electrons. The van der Waals surface area contributed by atoms with Gasteiger partial charge in [0.15, 0.2) is 5.96 Å². The molecule has 0 fully saturated rings. The van der Waals surface area contributed by atoms with Crippen molar-refractivity contribution in [3.05, 3.63) is 27.1 Å². The van der Waals surface area contributed by atoms with Gasteiger partial charge >= 0.3 is 0 Å². The van der Waals surface area contributed by atoms with Crippen LogP contribution in [-0.4, -0.2) is 12.5 Å². The van der Waals surface area contributed by atoms with E-state index < -0.39 is 0 Å². The molecule has 88 valence electrons. The highest BCUT2D eigenvalue weighted by Crippen LogP contribution is 2.30. The Morgan fingerprint density at radius 2 is 1.94 bits per heavy atom. The standard InChI is InChI=1S/C11H15Br2N3/c1-7(2)6-15-11(14)16-10-8(12)4-3-5-9(10)13/h3-5,7H,6H2,1-2H3,(H3,14,15,16). The normalized spacial score (nSPS) is 11.9. The van der Waals surface area contributed by atoms with Gasteiger partial charge in [-0.15, -0.1) is 0 Å². The average molecular weight is 349 g/mol. The fourth-order valence-corrected chi connectivity index (χ4v) is 2.26. The number of hydrogen-bond acceptors (Lipinski definition) is 1. The maximum Gasteiger partial charge on any atom is 0.193 e. The zero-order chi connectivity index (χ0) is 12.1. The third kappa shape index (κ3) is 4.14. The van der Waals surface area contributed by atoms with Crippen molar-refractivity contribution in [2.45, 2.75) is 13.8 Å². The van der Waals surface area contributed by atoms with Crippen molar-refractivity contribution in [1.29, 1.82) is 0 Å². The van der Waals surface area contributed by atoms with Gasteiger partial charge in [0.1, 0.15) is 0 Å². The van der Waals surface area contributed by atoms with Crippen molar-refractivity contribution >= 4 is 43.5 Å². The molecule has 1 aromatic rings. The van der Waals surface area contributed by atoms with Crippen LogP contribution in [0.1, 0.15) is 13.8 Å². The topological polar surface area (TPSA) is 50.4 Å². The van der Waals surface area contributed by atoms with E-state index in [0.29, 0.717) is 11.9 Å². The first-order valence-electron chi connectivity index (χ1n) is 5.01. The Labute approximate surface area is 113 Å². The van der Waals surface area contributed by atoms with Crippen LogP contribution >= 0.6 is 31.9 Å². The van der Waals surface area contributed by atoms with E-state index in [-0.39, 0.29) is 0 Å². The van der Waals surface area contributed by atoms with Crippen LogP contribution in [-0.2, 0) is 0 Å². The summed E-state index contributed by atoms with van der Waals surface area (Å²) in [6.07, 6.45) is 0. The van der Waals surface area contributed by atoms with Crippen LogP contribution in [0.2, 0.25) is 0 Å². The number of nitrogens with zero attached hydrogens (tertiary/aromatic N) is 1. The van der Waals surface area contributed by atoms with Crippen LogP contribution in [0.15, 0.2) is 32.1 Å². The number of nitrogens with two attached hydrogens (primary N) is 1. The van der Waals surface area contributed by atoms with Crippen molar-refractivity contribution < 1.29 is 0 Å². The van der Waals surface area contributed by atoms with Crippen molar-refractivity contribution in [1.82, 2.24) is 0 Å². The van der Waals surface area contributed by atoms with Gasteiger partial charge < -0.3 is 11.1 Å². The molecule has 0 bridgehead atoms. The molecular weight excluding hydrogens is 334 g/mol. The van der Waals surface area contributed by atoms with Crippen LogP contribution in [0.25, 0.3) is 0 Å². The van der Waals surface area contributed by atoms with Crippen LogP contribution in [0.5, 0.6) is 0 Å². The molecule has 0 saturated heterocycles. The number of nitrogens with one attached hydrogen (secondary N) is 1. The number of rotatable bonds is 3. The van der Waals surface area contributed by atoms with Gasteiger partial charge in [-0.25, -0.2) is 0 Å². The van der Waals surface area contributed by atoms with E-state index in [1.54, 1.807) is 0 Å². The summed E-state index contributed by atoms with van der Waals surface area (Å²) in [6, 6.07) is 5.84. The first kappa shape index (κ1) is 13.5. The first-order valence-corrected chi connectivity index (χ1v) is 6.60. The van der Waals surface area contributed by atoms with Crippen LogP contribution in [0.4, 0.5) is 5.69 Å². The molecule has 0 saturated carbocycles. The number of halogens is 2. The lowest BCUT2D eigenvalue weighted by Gasteiger charge is -2.10. The SMILES string of the molecule is CC(C)CN=C(N)Nc1c(Br)cccc1Br. The van der Waals surface area contributed by atoms with Gasteiger partial charge in [-0.05, 0) is 49.9 Å². The highest BCUT2D eigenvalue weighted by molar-refractivity contribution is 9.11. The second-order valence-electron chi connectivity index (χ2n) is 3.84. The third-order valence-electron chi connectivity index (χ3n) is 1.84. The summed E-state index contributed by atoms with van der Waals surface area (Å²) < 4.78 is 1.90. The third-order valence-corrected chi connectivity index (χ3v) is 3.16. The minimum absolute atomic E-state index is 0.432. The fourth-order valence-electron chi connectivity index (χ4n) is 1.07. The molecule has 0 aromatic heterocycles. The van der Waals surface area contributed by atoms with Gasteiger partial charge in [-0.2, -0.15) is 0 Å². The Hall–Kier alpha value is -0.550.